The minimum absolute atomic E-state index is 0.136. The fraction of sp³-hybridized carbons (Fsp3) is 0.652. The van der Waals surface area contributed by atoms with E-state index in [0.29, 0.717) is 25.7 Å². The zero-order valence-electron chi connectivity index (χ0n) is 17.6. The predicted molar refractivity (Wildman–Crippen MR) is 110 cm³/mol. The van der Waals surface area contributed by atoms with Gasteiger partial charge in [0, 0.05) is 31.3 Å². The van der Waals surface area contributed by atoms with E-state index in [1.807, 2.05) is 0 Å². The van der Waals surface area contributed by atoms with Crippen LogP contribution in [-0.4, -0.2) is 50.9 Å². The van der Waals surface area contributed by atoms with Crippen molar-refractivity contribution in [2.45, 2.75) is 94.7 Å². The molecular formula is C23H32O8. The second-order valence-electron chi connectivity index (χ2n) is 8.63. The summed E-state index contributed by atoms with van der Waals surface area (Å²) in [5.41, 5.74) is 0.351. The Morgan fingerprint density at radius 3 is 1.81 bits per heavy atom. The van der Waals surface area contributed by atoms with E-state index in [2.05, 4.69) is 0 Å². The molecule has 2 saturated carbocycles. The van der Waals surface area contributed by atoms with E-state index in [1.54, 1.807) is 18.2 Å². The van der Waals surface area contributed by atoms with Gasteiger partial charge in [-0.05, 0) is 31.8 Å². The van der Waals surface area contributed by atoms with Crippen molar-refractivity contribution in [3.63, 3.8) is 0 Å². The Kier molecular flexibility index (Phi) is 6.86. The molecule has 8 nitrogen and oxygen atoms in total. The molecule has 8 heteroatoms. The summed E-state index contributed by atoms with van der Waals surface area (Å²) < 4.78 is 22.6. The van der Waals surface area contributed by atoms with Gasteiger partial charge in [0.15, 0.2) is 24.7 Å². The van der Waals surface area contributed by atoms with Crippen molar-refractivity contribution >= 4 is 0 Å². The summed E-state index contributed by atoms with van der Waals surface area (Å²) >= 11 is 0. The van der Waals surface area contributed by atoms with E-state index in [4.69, 9.17) is 18.9 Å². The molecule has 3 fully saturated rings. The van der Waals surface area contributed by atoms with Crippen molar-refractivity contribution in [1.82, 2.24) is 0 Å². The van der Waals surface area contributed by atoms with E-state index in [0.717, 1.165) is 38.5 Å². The van der Waals surface area contributed by atoms with Crippen LogP contribution in [0.4, 0.5) is 0 Å². The van der Waals surface area contributed by atoms with Crippen LogP contribution < -0.4 is 0 Å². The summed E-state index contributed by atoms with van der Waals surface area (Å²) in [6.07, 6.45) is 12.5. The fourth-order valence-electron chi connectivity index (χ4n) is 4.67. The van der Waals surface area contributed by atoms with Crippen molar-refractivity contribution < 1.29 is 39.4 Å². The van der Waals surface area contributed by atoms with Crippen LogP contribution >= 0.6 is 0 Å². The molecule has 172 valence electrons. The number of aliphatic hydroxyl groups is 4. The van der Waals surface area contributed by atoms with Gasteiger partial charge in [-0.2, -0.15) is 0 Å². The Balaban J connectivity index is 1.37. The molecule has 0 aromatic rings. The second-order valence-corrected chi connectivity index (χ2v) is 8.63. The van der Waals surface area contributed by atoms with E-state index >= 15 is 0 Å². The molecule has 0 amide bonds. The quantitative estimate of drug-likeness (QED) is 0.499. The number of hydrogen-bond donors (Lipinski definition) is 4. The smallest absolute Gasteiger partial charge is 0.287 e. The monoisotopic (exact) mass is 436 g/mol. The van der Waals surface area contributed by atoms with E-state index in [-0.39, 0.29) is 17.1 Å². The van der Waals surface area contributed by atoms with Crippen LogP contribution in [0.1, 0.15) is 64.2 Å². The number of aliphatic hydroxyl groups excluding tert-OH is 4. The molecule has 0 aromatic heterocycles. The van der Waals surface area contributed by atoms with Gasteiger partial charge in [0.2, 0.25) is 5.79 Å². The van der Waals surface area contributed by atoms with Crippen LogP contribution in [0, 0.1) is 0 Å². The molecule has 3 unspecified atom stereocenters. The Morgan fingerprint density at radius 1 is 0.677 bits per heavy atom. The summed E-state index contributed by atoms with van der Waals surface area (Å²) in [5, 5.41) is 41.2. The average Bonchev–Trinajstić information content (AvgIpc) is 2.72. The van der Waals surface area contributed by atoms with Gasteiger partial charge in [0.05, 0.1) is 5.57 Å². The number of hydrogen-bond acceptors (Lipinski definition) is 8. The zero-order chi connectivity index (χ0) is 21.9. The van der Waals surface area contributed by atoms with Gasteiger partial charge in [-0.3, -0.25) is 0 Å². The standard InChI is InChI=1S/C23H32O8/c24-18-16(19(25)29-22(28-18)12-6-2-7-13-22)10-4-1-5-11-17-20(26)30-23(31-21(17)27)14-8-3-9-15-23/h1,4-5,10-11,18-20,24-27H,2-3,6-9,12-15H2. The van der Waals surface area contributed by atoms with Gasteiger partial charge in [-0.1, -0.05) is 37.1 Å². The van der Waals surface area contributed by atoms with Crippen LogP contribution in [0.25, 0.3) is 0 Å². The molecule has 4 N–H and O–H groups in total. The molecule has 4 rings (SSSR count). The van der Waals surface area contributed by atoms with Crippen molar-refractivity contribution in [3.05, 3.63) is 47.5 Å². The average molecular weight is 437 g/mol. The van der Waals surface area contributed by atoms with E-state index < -0.39 is 30.4 Å². The van der Waals surface area contributed by atoms with Crippen LogP contribution in [0.15, 0.2) is 47.5 Å². The molecule has 0 bridgehead atoms. The second kappa shape index (κ2) is 9.44. The third-order valence-electron chi connectivity index (χ3n) is 6.36. The Morgan fingerprint density at radius 2 is 1.23 bits per heavy atom. The van der Waals surface area contributed by atoms with Crippen molar-refractivity contribution in [3.8, 4) is 0 Å². The molecule has 2 heterocycles. The van der Waals surface area contributed by atoms with Crippen LogP contribution in [-0.2, 0) is 18.9 Å². The van der Waals surface area contributed by atoms with Gasteiger partial charge < -0.3 is 39.4 Å². The van der Waals surface area contributed by atoms with Gasteiger partial charge in [0.25, 0.3) is 5.95 Å². The largest absolute Gasteiger partial charge is 0.481 e. The van der Waals surface area contributed by atoms with Crippen LogP contribution in [0.2, 0.25) is 0 Å². The summed E-state index contributed by atoms with van der Waals surface area (Å²) in [6.45, 7) is 0. The first-order valence-corrected chi connectivity index (χ1v) is 11.2. The highest BCUT2D eigenvalue weighted by Gasteiger charge is 2.45. The van der Waals surface area contributed by atoms with Crippen LogP contribution in [0.5, 0.6) is 0 Å². The molecule has 31 heavy (non-hydrogen) atoms. The minimum atomic E-state index is -1.27. The van der Waals surface area contributed by atoms with E-state index in [9.17, 15) is 20.4 Å². The van der Waals surface area contributed by atoms with Gasteiger partial charge in [-0.25, -0.2) is 0 Å². The van der Waals surface area contributed by atoms with E-state index in [1.165, 1.54) is 12.2 Å². The van der Waals surface area contributed by atoms with Gasteiger partial charge in [0.1, 0.15) is 0 Å². The molecule has 2 spiro atoms. The summed E-state index contributed by atoms with van der Waals surface area (Å²) in [5.74, 6) is -2.18. The lowest BCUT2D eigenvalue weighted by Crippen LogP contribution is -2.51. The predicted octanol–water partition coefficient (Wildman–Crippen LogP) is 3.16. The van der Waals surface area contributed by atoms with Crippen molar-refractivity contribution in [2.75, 3.05) is 0 Å². The number of allylic oxidation sites excluding steroid dienone is 4. The van der Waals surface area contributed by atoms with Crippen molar-refractivity contribution in [1.29, 1.82) is 0 Å². The normalized spacial score (nSPS) is 33.4. The molecule has 3 atom stereocenters. The first-order chi connectivity index (χ1) is 14.9. The number of rotatable bonds is 3. The molecule has 1 saturated heterocycles. The van der Waals surface area contributed by atoms with Gasteiger partial charge in [-0.15, -0.1) is 0 Å². The molecule has 2 aliphatic carbocycles. The summed E-state index contributed by atoms with van der Waals surface area (Å²) in [7, 11) is 0. The van der Waals surface area contributed by atoms with Crippen LogP contribution in [0.3, 0.4) is 0 Å². The first kappa shape index (κ1) is 22.5. The summed E-state index contributed by atoms with van der Waals surface area (Å²) in [6, 6.07) is 0. The number of ether oxygens (including phenoxy) is 4. The maximum Gasteiger partial charge on any atom is 0.287 e. The highest BCUT2D eigenvalue weighted by atomic mass is 16.8. The Hall–Kier alpha value is -1.68. The molecule has 0 aromatic carbocycles. The third-order valence-corrected chi connectivity index (χ3v) is 6.36. The lowest BCUT2D eigenvalue weighted by Gasteiger charge is -2.44. The third kappa shape index (κ3) is 5.05. The SMILES string of the molecule is OC1=C(C=CC=CC=C2C(O)OC3(CCCCC3)OC2O)C(O)OC2(CCCCC2)O1. The first-order valence-electron chi connectivity index (χ1n) is 11.2. The lowest BCUT2D eigenvalue weighted by atomic mass is 9.93. The topological polar surface area (TPSA) is 118 Å². The maximum absolute atomic E-state index is 10.3. The van der Waals surface area contributed by atoms with Gasteiger partial charge >= 0.3 is 0 Å². The maximum atomic E-state index is 10.3. The molecule has 2 aliphatic heterocycles. The minimum Gasteiger partial charge on any atom is -0.481 e. The highest BCUT2D eigenvalue weighted by molar-refractivity contribution is 5.28. The molecule has 0 radical (unpaired) electrons. The fourth-order valence-corrected chi connectivity index (χ4v) is 4.67. The zero-order valence-corrected chi connectivity index (χ0v) is 17.6. The highest BCUT2D eigenvalue weighted by Crippen LogP contribution is 2.41. The Bertz CT molecular complexity index is 740. The van der Waals surface area contributed by atoms with Crippen molar-refractivity contribution in [2.24, 2.45) is 0 Å². The summed E-state index contributed by atoms with van der Waals surface area (Å²) in [4.78, 5) is 0. The lowest BCUT2D eigenvalue weighted by molar-refractivity contribution is -0.370. The Labute approximate surface area is 182 Å². The molecular weight excluding hydrogens is 404 g/mol. The molecule has 4 aliphatic rings.